The Morgan fingerprint density at radius 2 is 1.70 bits per heavy atom. The summed E-state index contributed by atoms with van der Waals surface area (Å²) < 4.78 is 0. The van der Waals surface area contributed by atoms with Crippen molar-refractivity contribution >= 4 is 17.8 Å². The molecule has 4 rings (SSSR count). The van der Waals surface area contributed by atoms with Crippen LogP contribution in [0.3, 0.4) is 0 Å². The second-order valence-electron chi connectivity index (χ2n) is 12.7. The summed E-state index contributed by atoms with van der Waals surface area (Å²) in [5.41, 5.74) is 6.68. The van der Waals surface area contributed by atoms with Gasteiger partial charge in [-0.3, -0.25) is 14.5 Å². The molecular weight excluding hydrogens is 546 g/mol. The molecule has 7 heteroatoms. The zero-order valence-corrected chi connectivity index (χ0v) is 28.4. The lowest BCUT2D eigenvalue weighted by Crippen LogP contribution is -2.49. The first-order valence-corrected chi connectivity index (χ1v) is 16.2. The minimum atomic E-state index is -0.201. The second kappa shape index (κ2) is 16.4. The molecule has 3 heterocycles. The van der Waals surface area contributed by atoms with Crippen LogP contribution < -0.4 is 15.8 Å². The Hall–Kier alpha value is -3.71. The molecule has 7 nitrogen and oxygen atoms in total. The average Bonchev–Trinajstić information content (AvgIpc) is 2.97. The van der Waals surface area contributed by atoms with Crippen LogP contribution in [0.15, 0.2) is 47.4 Å². The topological polar surface area (TPSA) is 81.3 Å². The van der Waals surface area contributed by atoms with Crippen molar-refractivity contribution in [1.29, 1.82) is 0 Å². The number of aromatic amines is 1. The van der Waals surface area contributed by atoms with Crippen LogP contribution in [0.1, 0.15) is 93.2 Å². The Kier molecular flexibility index (Phi) is 13.0. The van der Waals surface area contributed by atoms with Gasteiger partial charge in [-0.2, -0.15) is 0 Å². The lowest BCUT2D eigenvalue weighted by Gasteiger charge is -2.37. The largest absolute Gasteiger partial charge is 0.354 e. The van der Waals surface area contributed by atoms with Crippen molar-refractivity contribution in [3.05, 3.63) is 86.5 Å². The molecule has 3 aromatic rings. The van der Waals surface area contributed by atoms with Crippen molar-refractivity contribution in [2.45, 2.75) is 87.7 Å². The molecule has 0 bridgehead atoms. The fourth-order valence-electron chi connectivity index (χ4n) is 5.49. The molecule has 0 saturated carbocycles. The van der Waals surface area contributed by atoms with Crippen LogP contribution in [-0.4, -0.2) is 53.0 Å². The van der Waals surface area contributed by atoms with Gasteiger partial charge in [0.25, 0.3) is 11.5 Å². The van der Waals surface area contributed by atoms with E-state index in [9.17, 15) is 9.59 Å². The SMILES string of the molecule is C/C=C\c1c(C)cc(-c2ccc(N3CCN(C(C)C)CC3)nc2)cc1C(=O)NCc1c(CCC)cc(C)[nH]c1=O.CC(C)C. The van der Waals surface area contributed by atoms with Gasteiger partial charge in [0.15, 0.2) is 0 Å². The number of hydrogen-bond acceptors (Lipinski definition) is 5. The molecule has 0 aliphatic carbocycles. The van der Waals surface area contributed by atoms with Crippen LogP contribution in [0.25, 0.3) is 17.2 Å². The minimum Gasteiger partial charge on any atom is -0.354 e. The number of rotatable bonds is 9. The summed E-state index contributed by atoms with van der Waals surface area (Å²) in [6.45, 7) is 23.1. The molecular formula is C37H53N5O2. The summed E-state index contributed by atoms with van der Waals surface area (Å²) in [6, 6.07) is 10.8. The zero-order valence-electron chi connectivity index (χ0n) is 28.4. The number of piperazine rings is 1. The maximum absolute atomic E-state index is 13.5. The highest BCUT2D eigenvalue weighted by molar-refractivity contribution is 5.99. The highest BCUT2D eigenvalue weighted by Gasteiger charge is 2.20. The van der Waals surface area contributed by atoms with Gasteiger partial charge in [-0.1, -0.05) is 52.3 Å². The van der Waals surface area contributed by atoms with Crippen LogP contribution >= 0.6 is 0 Å². The molecule has 0 atom stereocenters. The number of hydrogen-bond donors (Lipinski definition) is 2. The van der Waals surface area contributed by atoms with E-state index in [0.717, 1.165) is 84.3 Å². The van der Waals surface area contributed by atoms with Gasteiger partial charge in [-0.05, 0) is 93.5 Å². The number of nitrogens with zero attached hydrogens (tertiary/aromatic N) is 3. The first kappa shape index (κ1) is 34.8. The maximum Gasteiger partial charge on any atom is 0.253 e. The Labute approximate surface area is 264 Å². The number of nitrogens with one attached hydrogen (secondary N) is 2. The van der Waals surface area contributed by atoms with Gasteiger partial charge in [-0.25, -0.2) is 4.98 Å². The van der Waals surface area contributed by atoms with Crippen molar-refractivity contribution < 1.29 is 4.79 Å². The van der Waals surface area contributed by atoms with Crippen molar-refractivity contribution in [3.8, 4) is 11.1 Å². The highest BCUT2D eigenvalue weighted by atomic mass is 16.1. The van der Waals surface area contributed by atoms with Crippen molar-refractivity contribution in [1.82, 2.24) is 20.2 Å². The van der Waals surface area contributed by atoms with Gasteiger partial charge in [0.2, 0.25) is 0 Å². The normalized spacial score (nSPS) is 13.8. The quantitative estimate of drug-likeness (QED) is 0.273. The van der Waals surface area contributed by atoms with E-state index in [-0.39, 0.29) is 18.0 Å². The number of carbonyl (C=O) groups excluding carboxylic acids is 1. The van der Waals surface area contributed by atoms with Gasteiger partial charge in [0.05, 0.1) is 0 Å². The molecule has 1 aromatic carbocycles. The molecule has 44 heavy (non-hydrogen) atoms. The summed E-state index contributed by atoms with van der Waals surface area (Å²) in [5.74, 6) is 1.62. The maximum atomic E-state index is 13.5. The van der Waals surface area contributed by atoms with E-state index >= 15 is 0 Å². The molecule has 1 saturated heterocycles. The third-order valence-electron chi connectivity index (χ3n) is 7.72. The molecule has 1 aliphatic rings. The fourth-order valence-corrected chi connectivity index (χ4v) is 5.49. The molecule has 1 fully saturated rings. The molecule has 1 aliphatic heterocycles. The molecule has 0 radical (unpaired) electrons. The van der Waals surface area contributed by atoms with Gasteiger partial charge in [-0.15, -0.1) is 0 Å². The molecule has 2 N–H and O–H groups in total. The number of H-pyrrole nitrogens is 1. The lowest BCUT2D eigenvalue weighted by molar-refractivity contribution is 0.0950. The molecule has 1 amide bonds. The van der Waals surface area contributed by atoms with Crippen LogP contribution in [0.4, 0.5) is 5.82 Å². The Morgan fingerprint density at radius 3 is 2.27 bits per heavy atom. The highest BCUT2D eigenvalue weighted by Crippen LogP contribution is 2.28. The first-order chi connectivity index (χ1) is 20.9. The van der Waals surface area contributed by atoms with Crippen molar-refractivity contribution in [3.63, 3.8) is 0 Å². The standard InChI is InChI=1S/C33H43N5O2.C4H10/c1-7-9-25-18-24(6)36-33(40)30(25)21-35-32(39)29-19-27(17-23(5)28(29)10-8-2)26-11-12-31(34-20-26)38-15-13-37(14-16-38)22(3)4;1-4(2)3/h8,10-12,17-20,22H,7,9,13-16,21H2,1-6H3,(H,35,39)(H,36,40);4H,1-3H3/b10-8-;. The molecule has 238 valence electrons. The number of anilines is 1. The monoisotopic (exact) mass is 599 g/mol. The first-order valence-electron chi connectivity index (χ1n) is 16.2. The summed E-state index contributed by atoms with van der Waals surface area (Å²) in [4.78, 5) is 38.7. The second-order valence-corrected chi connectivity index (χ2v) is 12.7. The summed E-state index contributed by atoms with van der Waals surface area (Å²) in [6.07, 6.45) is 7.53. The number of carbonyl (C=O) groups is 1. The van der Waals surface area contributed by atoms with Gasteiger partial charge >= 0.3 is 0 Å². The van der Waals surface area contributed by atoms with Crippen molar-refractivity contribution in [2.75, 3.05) is 31.1 Å². The number of pyridine rings is 2. The average molecular weight is 600 g/mol. The summed E-state index contributed by atoms with van der Waals surface area (Å²) in [7, 11) is 0. The Bertz CT molecular complexity index is 1460. The number of allylic oxidation sites excluding steroid dienone is 1. The van der Waals surface area contributed by atoms with Crippen LogP contribution in [0, 0.1) is 19.8 Å². The van der Waals surface area contributed by atoms with Crippen molar-refractivity contribution in [2.24, 2.45) is 5.92 Å². The van der Waals surface area contributed by atoms with Gasteiger partial charge in [0, 0.05) is 67.3 Å². The third-order valence-corrected chi connectivity index (χ3v) is 7.72. The predicted molar refractivity (Wildman–Crippen MR) is 186 cm³/mol. The molecule has 0 spiro atoms. The van der Waals surface area contributed by atoms with Gasteiger partial charge in [0.1, 0.15) is 5.82 Å². The smallest absolute Gasteiger partial charge is 0.253 e. The third kappa shape index (κ3) is 9.39. The van der Waals surface area contributed by atoms with Gasteiger partial charge < -0.3 is 15.2 Å². The minimum absolute atomic E-state index is 0.140. The van der Waals surface area contributed by atoms with Crippen LogP contribution in [0.2, 0.25) is 0 Å². The Morgan fingerprint density at radius 1 is 1.02 bits per heavy atom. The van der Waals surface area contributed by atoms with E-state index in [1.54, 1.807) is 0 Å². The molecule has 2 aromatic heterocycles. The van der Waals surface area contributed by atoms with E-state index in [4.69, 9.17) is 4.98 Å². The van der Waals surface area contributed by atoms with E-state index in [0.29, 0.717) is 17.2 Å². The number of aromatic nitrogens is 2. The Balaban J connectivity index is 0.00000124. The lowest BCUT2D eigenvalue weighted by atomic mass is 9.94. The van der Waals surface area contributed by atoms with Crippen LogP contribution in [0.5, 0.6) is 0 Å². The fraction of sp³-hybridized carbons (Fsp3) is 0.486. The summed E-state index contributed by atoms with van der Waals surface area (Å²) in [5, 5.41) is 3.02. The zero-order chi connectivity index (χ0) is 32.4. The predicted octanol–water partition coefficient (Wildman–Crippen LogP) is 7.16. The van der Waals surface area contributed by atoms with Crippen LogP contribution in [-0.2, 0) is 13.0 Å². The van der Waals surface area contributed by atoms with E-state index in [1.165, 1.54) is 0 Å². The summed E-state index contributed by atoms with van der Waals surface area (Å²) >= 11 is 0. The molecule has 0 unspecified atom stereocenters. The van der Waals surface area contributed by atoms with E-state index in [2.05, 4.69) is 79.8 Å². The van der Waals surface area contributed by atoms with E-state index in [1.807, 2.05) is 51.3 Å². The number of benzene rings is 1. The van der Waals surface area contributed by atoms with E-state index < -0.39 is 0 Å². The number of aryl methyl sites for hydroxylation is 3. The number of amides is 1.